The van der Waals surface area contributed by atoms with Gasteiger partial charge in [0, 0.05) is 49.2 Å². The summed E-state index contributed by atoms with van der Waals surface area (Å²) in [5, 5.41) is 1.07. The van der Waals surface area contributed by atoms with Crippen molar-refractivity contribution in [3.8, 4) is 5.75 Å². The fourth-order valence-corrected chi connectivity index (χ4v) is 4.26. The minimum atomic E-state index is 0.120. The van der Waals surface area contributed by atoms with Crippen LogP contribution in [-0.4, -0.2) is 59.0 Å². The van der Waals surface area contributed by atoms with Gasteiger partial charge >= 0.3 is 0 Å². The van der Waals surface area contributed by atoms with Crippen LogP contribution in [0.2, 0.25) is 0 Å². The molecular formula is C22H31N3O2. The van der Waals surface area contributed by atoms with E-state index in [1.807, 2.05) is 23.1 Å². The number of rotatable bonds is 4. The average Bonchev–Trinajstić information content (AvgIpc) is 3.12. The third-order valence-electron chi connectivity index (χ3n) is 5.98. The summed E-state index contributed by atoms with van der Waals surface area (Å²) in [6, 6.07) is 8.70. The van der Waals surface area contributed by atoms with E-state index in [1.54, 1.807) is 0 Å². The molecule has 5 nitrogen and oxygen atoms in total. The van der Waals surface area contributed by atoms with Crippen LogP contribution < -0.4 is 4.74 Å². The summed E-state index contributed by atoms with van der Waals surface area (Å²) in [5.74, 6) is 1.01. The van der Waals surface area contributed by atoms with Crippen molar-refractivity contribution >= 4 is 16.8 Å². The Kier molecular flexibility index (Phi) is 5.39. The number of carbonyl (C=O) groups excluding carboxylic acids is 1. The molecule has 0 bridgehead atoms. The van der Waals surface area contributed by atoms with E-state index in [1.165, 1.54) is 6.42 Å². The Labute approximate surface area is 161 Å². The zero-order chi connectivity index (χ0) is 18.8. The fraction of sp³-hybridized carbons (Fsp3) is 0.591. The monoisotopic (exact) mass is 369 g/mol. The van der Waals surface area contributed by atoms with Crippen LogP contribution in [0, 0.1) is 0 Å². The number of H-pyrrole nitrogens is 1. The van der Waals surface area contributed by atoms with Gasteiger partial charge in [-0.25, -0.2) is 0 Å². The molecule has 2 aliphatic heterocycles. The molecule has 4 rings (SSSR count). The Morgan fingerprint density at radius 1 is 1.07 bits per heavy atom. The van der Waals surface area contributed by atoms with E-state index in [0.29, 0.717) is 11.7 Å². The van der Waals surface area contributed by atoms with Gasteiger partial charge in [0.15, 0.2) is 0 Å². The molecule has 2 saturated heterocycles. The summed E-state index contributed by atoms with van der Waals surface area (Å²) in [5.41, 5.74) is 1.67. The second-order valence-electron chi connectivity index (χ2n) is 8.23. The molecule has 0 spiro atoms. The molecule has 1 amide bonds. The van der Waals surface area contributed by atoms with Crippen LogP contribution >= 0.6 is 0 Å². The lowest BCUT2D eigenvalue weighted by atomic mass is 10.1. The highest BCUT2D eigenvalue weighted by Gasteiger charge is 2.23. The number of aromatic amines is 1. The molecule has 5 heteroatoms. The molecular weight excluding hydrogens is 338 g/mol. The Hall–Kier alpha value is -2.01. The molecule has 3 heterocycles. The molecule has 1 aromatic heterocycles. The molecule has 0 unspecified atom stereocenters. The highest BCUT2D eigenvalue weighted by atomic mass is 16.5. The van der Waals surface area contributed by atoms with Crippen LogP contribution in [0.4, 0.5) is 0 Å². The molecule has 27 heavy (non-hydrogen) atoms. The Morgan fingerprint density at radius 3 is 2.52 bits per heavy atom. The van der Waals surface area contributed by atoms with Gasteiger partial charge in [0.2, 0.25) is 0 Å². The topological polar surface area (TPSA) is 48.6 Å². The van der Waals surface area contributed by atoms with Crippen LogP contribution in [0.5, 0.6) is 5.75 Å². The van der Waals surface area contributed by atoms with Gasteiger partial charge in [-0.15, -0.1) is 0 Å². The average molecular weight is 370 g/mol. The van der Waals surface area contributed by atoms with Gasteiger partial charge in [-0.1, -0.05) is 0 Å². The van der Waals surface area contributed by atoms with Gasteiger partial charge in [0.25, 0.3) is 5.91 Å². The molecule has 0 radical (unpaired) electrons. The molecule has 0 saturated carbocycles. The summed E-state index contributed by atoms with van der Waals surface area (Å²) in [7, 11) is 0. The number of benzene rings is 1. The number of fused-ring (bicyclic) bond motifs is 1. The van der Waals surface area contributed by atoms with Crippen molar-refractivity contribution in [2.75, 3.05) is 26.2 Å². The van der Waals surface area contributed by atoms with Crippen molar-refractivity contribution in [2.24, 2.45) is 0 Å². The smallest absolute Gasteiger partial charge is 0.270 e. The van der Waals surface area contributed by atoms with Crippen molar-refractivity contribution < 1.29 is 9.53 Å². The summed E-state index contributed by atoms with van der Waals surface area (Å²) < 4.78 is 6.24. The van der Waals surface area contributed by atoms with Crippen LogP contribution in [0.25, 0.3) is 10.9 Å². The number of piperidine rings is 2. The van der Waals surface area contributed by atoms with Gasteiger partial charge in [-0.3, -0.25) is 4.79 Å². The van der Waals surface area contributed by atoms with E-state index in [0.717, 1.165) is 68.5 Å². The number of likely N-dealkylation sites (tertiary alicyclic amines) is 2. The fourth-order valence-electron chi connectivity index (χ4n) is 4.26. The lowest BCUT2D eigenvalue weighted by molar-refractivity contribution is 0.0719. The largest absolute Gasteiger partial charge is 0.490 e. The molecule has 2 aliphatic rings. The maximum atomic E-state index is 12.7. The third-order valence-corrected chi connectivity index (χ3v) is 5.98. The number of hydrogen-bond donors (Lipinski definition) is 1. The van der Waals surface area contributed by atoms with Crippen LogP contribution in [-0.2, 0) is 0 Å². The molecule has 2 aromatic rings. The van der Waals surface area contributed by atoms with Crippen LogP contribution in [0.15, 0.2) is 24.3 Å². The standard InChI is InChI=1S/C22H31N3O2/c1-16(2)24-12-8-18(9-13-24)27-19-7-6-17-14-21(23-20(17)15-19)22(26)25-10-4-3-5-11-25/h6-7,14-16,18,23H,3-5,8-13H2,1-2H3. The molecule has 0 atom stereocenters. The summed E-state index contributed by atoms with van der Waals surface area (Å²) in [6.45, 7) is 8.45. The maximum absolute atomic E-state index is 12.7. The molecule has 0 aliphatic carbocycles. The first kappa shape index (κ1) is 18.4. The number of ether oxygens (including phenoxy) is 1. The minimum absolute atomic E-state index is 0.120. The quantitative estimate of drug-likeness (QED) is 0.885. The van der Waals surface area contributed by atoms with Crippen molar-refractivity contribution in [3.05, 3.63) is 30.0 Å². The summed E-state index contributed by atoms with van der Waals surface area (Å²) in [6.07, 6.45) is 5.87. The number of aromatic nitrogens is 1. The zero-order valence-electron chi connectivity index (χ0n) is 16.5. The predicted octanol–water partition coefficient (Wildman–Crippen LogP) is 4.05. The lowest BCUT2D eigenvalue weighted by Gasteiger charge is -2.34. The third kappa shape index (κ3) is 4.13. The van der Waals surface area contributed by atoms with Crippen molar-refractivity contribution in [2.45, 2.75) is 58.1 Å². The van der Waals surface area contributed by atoms with Gasteiger partial charge in [-0.05, 0) is 64.2 Å². The van der Waals surface area contributed by atoms with Gasteiger partial charge in [0.1, 0.15) is 17.5 Å². The van der Waals surface area contributed by atoms with E-state index in [9.17, 15) is 4.79 Å². The highest BCUT2D eigenvalue weighted by Crippen LogP contribution is 2.25. The molecule has 146 valence electrons. The van der Waals surface area contributed by atoms with Gasteiger partial charge in [0.05, 0.1) is 0 Å². The molecule has 1 N–H and O–H groups in total. The van der Waals surface area contributed by atoms with Crippen molar-refractivity contribution in [1.82, 2.24) is 14.8 Å². The molecule has 1 aromatic carbocycles. The minimum Gasteiger partial charge on any atom is -0.490 e. The first-order valence-corrected chi connectivity index (χ1v) is 10.4. The Morgan fingerprint density at radius 2 is 1.81 bits per heavy atom. The predicted molar refractivity (Wildman–Crippen MR) is 108 cm³/mol. The zero-order valence-corrected chi connectivity index (χ0v) is 16.5. The second-order valence-corrected chi connectivity index (χ2v) is 8.23. The number of hydrogen-bond acceptors (Lipinski definition) is 3. The van der Waals surface area contributed by atoms with E-state index in [-0.39, 0.29) is 12.0 Å². The summed E-state index contributed by atoms with van der Waals surface area (Å²) in [4.78, 5) is 20.5. The van der Waals surface area contributed by atoms with E-state index >= 15 is 0 Å². The first-order chi connectivity index (χ1) is 13.1. The lowest BCUT2D eigenvalue weighted by Crippen LogP contribution is -2.41. The van der Waals surface area contributed by atoms with E-state index < -0.39 is 0 Å². The SMILES string of the molecule is CC(C)N1CCC(Oc2ccc3cc(C(=O)N4CCCCC4)[nH]c3c2)CC1. The second kappa shape index (κ2) is 7.93. The molecule has 2 fully saturated rings. The number of nitrogens with zero attached hydrogens (tertiary/aromatic N) is 2. The van der Waals surface area contributed by atoms with Gasteiger partial charge < -0.3 is 19.5 Å². The van der Waals surface area contributed by atoms with E-state index in [2.05, 4.69) is 29.8 Å². The summed E-state index contributed by atoms with van der Waals surface area (Å²) >= 11 is 0. The maximum Gasteiger partial charge on any atom is 0.270 e. The number of nitrogens with one attached hydrogen (secondary N) is 1. The van der Waals surface area contributed by atoms with E-state index in [4.69, 9.17) is 4.74 Å². The van der Waals surface area contributed by atoms with Crippen molar-refractivity contribution in [1.29, 1.82) is 0 Å². The number of carbonyl (C=O) groups is 1. The van der Waals surface area contributed by atoms with Crippen LogP contribution in [0.3, 0.4) is 0 Å². The Balaban J connectivity index is 1.43. The normalized spacial score (nSPS) is 19.7. The van der Waals surface area contributed by atoms with Gasteiger partial charge in [-0.2, -0.15) is 0 Å². The Bertz CT molecular complexity index is 784. The van der Waals surface area contributed by atoms with Crippen LogP contribution in [0.1, 0.15) is 56.4 Å². The van der Waals surface area contributed by atoms with Crippen molar-refractivity contribution in [3.63, 3.8) is 0 Å². The first-order valence-electron chi connectivity index (χ1n) is 10.4. The highest BCUT2D eigenvalue weighted by molar-refractivity contribution is 5.98. The number of amides is 1.